The second-order valence-electron chi connectivity index (χ2n) is 10.6. The SMILES string of the molecule is CCc1nc2ccc(N3CCN(C(=O)C4CCN(C(C)=O)C4)CC3)cn2c1NCc1nc(-c2ccc(F)cc2)cs1. The Bertz CT molecular complexity index is 1560. The number of aryl methyl sites for hydroxylation is 1. The van der Waals surface area contributed by atoms with E-state index in [2.05, 4.69) is 33.8 Å². The van der Waals surface area contributed by atoms with Crippen molar-refractivity contribution in [2.75, 3.05) is 49.5 Å². The van der Waals surface area contributed by atoms with Gasteiger partial charge < -0.3 is 20.0 Å². The first-order valence-electron chi connectivity index (χ1n) is 14.1. The summed E-state index contributed by atoms with van der Waals surface area (Å²) in [6, 6.07) is 10.5. The normalized spacial score (nSPS) is 17.4. The zero-order valence-electron chi connectivity index (χ0n) is 23.3. The molecule has 0 aliphatic carbocycles. The fraction of sp³-hybridized carbons (Fsp3) is 0.400. The number of pyridine rings is 1. The Kier molecular flexibility index (Phi) is 7.61. The van der Waals surface area contributed by atoms with E-state index in [1.54, 1.807) is 35.3 Å². The van der Waals surface area contributed by atoms with Crippen molar-refractivity contribution >= 4 is 40.3 Å². The minimum absolute atomic E-state index is 0.0431. The van der Waals surface area contributed by atoms with Crippen LogP contribution in [0.25, 0.3) is 16.9 Å². The van der Waals surface area contributed by atoms with Crippen LogP contribution in [0, 0.1) is 11.7 Å². The predicted molar refractivity (Wildman–Crippen MR) is 159 cm³/mol. The molecule has 1 atom stereocenters. The molecule has 4 aromatic rings. The summed E-state index contributed by atoms with van der Waals surface area (Å²) in [5.74, 6) is 0.821. The fourth-order valence-electron chi connectivity index (χ4n) is 5.70. The van der Waals surface area contributed by atoms with Crippen LogP contribution in [0.1, 0.15) is 31.0 Å². The molecule has 2 fully saturated rings. The van der Waals surface area contributed by atoms with Gasteiger partial charge >= 0.3 is 0 Å². The van der Waals surface area contributed by atoms with Crippen LogP contribution in [0.2, 0.25) is 0 Å². The topological polar surface area (TPSA) is 86.1 Å². The van der Waals surface area contributed by atoms with E-state index in [0.717, 1.165) is 65.0 Å². The number of nitrogens with zero attached hydrogens (tertiary/aromatic N) is 6. The summed E-state index contributed by atoms with van der Waals surface area (Å²) >= 11 is 1.57. The highest BCUT2D eigenvalue weighted by Gasteiger charge is 2.33. The summed E-state index contributed by atoms with van der Waals surface area (Å²) in [6.45, 7) is 8.28. The molecule has 5 heterocycles. The van der Waals surface area contributed by atoms with E-state index in [4.69, 9.17) is 9.97 Å². The van der Waals surface area contributed by atoms with Crippen LogP contribution in [0.5, 0.6) is 0 Å². The number of nitrogens with one attached hydrogen (secondary N) is 1. The van der Waals surface area contributed by atoms with Crippen LogP contribution < -0.4 is 10.2 Å². The molecule has 0 radical (unpaired) electrons. The number of anilines is 2. The van der Waals surface area contributed by atoms with Crippen LogP contribution in [-0.2, 0) is 22.6 Å². The number of likely N-dealkylation sites (tertiary alicyclic amines) is 1. The van der Waals surface area contributed by atoms with Gasteiger partial charge in [0.2, 0.25) is 11.8 Å². The van der Waals surface area contributed by atoms with Crippen LogP contribution >= 0.6 is 11.3 Å². The molecule has 0 bridgehead atoms. The monoisotopic (exact) mass is 575 g/mol. The molecule has 1 unspecified atom stereocenters. The van der Waals surface area contributed by atoms with Crippen molar-refractivity contribution in [2.24, 2.45) is 5.92 Å². The Balaban J connectivity index is 1.12. The summed E-state index contributed by atoms with van der Waals surface area (Å²) < 4.78 is 15.4. The van der Waals surface area contributed by atoms with Crippen LogP contribution in [-0.4, -0.2) is 75.3 Å². The van der Waals surface area contributed by atoms with Crippen molar-refractivity contribution in [1.29, 1.82) is 0 Å². The Morgan fingerprint density at radius 1 is 1.02 bits per heavy atom. The van der Waals surface area contributed by atoms with Gasteiger partial charge in [0, 0.05) is 63.3 Å². The quantitative estimate of drug-likeness (QED) is 0.354. The molecule has 2 aliphatic rings. The van der Waals surface area contributed by atoms with Gasteiger partial charge in [-0.3, -0.25) is 14.0 Å². The van der Waals surface area contributed by atoms with Crippen LogP contribution in [0.3, 0.4) is 0 Å². The van der Waals surface area contributed by atoms with E-state index in [1.807, 2.05) is 16.3 Å². The van der Waals surface area contributed by atoms with E-state index in [9.17, 15) is 14.0 Å². The van der Waals surface area contributed by atoms with Crippen LogP contribution in [0.4, 0.5) is 15.9 Å². The van der Waals surface area contributed by atoms with Gasteiger partial charge in [-0.25, -0.2) is 14.4 Å². The number of carbonyl (C=O) groups excluding carboxylic acids is 2. The lowest BCUT2D eigenvalue weighted by atomic mass is 10.1. The van der Waals surface area contributed by atoms with Gasteiger partial charge in [-0.15, -0.1) is 11.3 Å². The van der Waals surface area contributed by atoms with E-state index < -0.39 is 0 Å². The van der Waals surface area contributed by atoms with Crippen molar-refractivity contribution in [2.45, 2.75) is 33.2 Å². The van der Waals surface area contributed by atoms with Crippen molar-refractivity contribution < 1.29 is 14.0 Å². The smallest absolute Gasteiger partial charge is 0.227 e. The summed E-state index contributed by atoms with van der Waals surface area (Å²) in [7, 11) is 0. The number of rotatable bonds is 7. The third kappa shape index (κ3) is 5.63. The van der Waals surface area contributed by atoms with E-state index in [-0.39, 0.29) is 23.5 Å². The number of amides is 2. The lowest BCUT2D eigenvalue weighted by Crippen LogP contribution is -2.50. The van der Waals surface area contributed by atoms with Gasteiger partial charge in [-0.1, -0.05) is 6.92 Å². The average Bonchev–Trinajstić information content (AvgIpc) is 3.75. The molecule has 214 valence electrons. The van der Waals surface area contributed by atoms with Crippen molar-refractivity contribution in [3.8, 4) is 11.3 Å². The molecule has 0 spiro atoms. The largest absolute Gasteiger partial charge is 0.367 e. The molecule has 2 aliphatic heterocycles. The zero-order valence-corrected chi connectivity index (χ0v) is 24.2. The standard InChI is InChI=1S/C30H34FN7O2S/c1-3-25-29(32-16-28-34-26(19-41-28)21-4-6-23(31)7-5-21)38-18-24(8-9-27(38)33-25)35-12-14-36(15-13-35)30(40)22-10-11-37(17-22)20(2)39/h4-9,18-19,22,32H,3,10-17H2,1-2H3. The molecule has 1 aromatic carbocycles. The van der Waals surface area contributed by atoms with Gasteiger partial charge in [0.1, 0.15) is 22.3 Å². The van der Waals surface area contributed by atoms with E-state index >= 15 is 0 Å². The maximum atomic E-state index is 13.3. The summed E-state index contributed by atoms with van der Waals surface area (Å²) in [4.78, 5) is 40.4. The Labute approximate surface area is 242 Å². The number of hydrogen-bond donors (Lipinski definition) is 1. The van der Waals surface area contributed by atoms with Gasteiger partial charge in [-0.2, -0.15) is 0 Å². The summed E-state index contributed by atoms with van der Waals surface area (Å²) in [5.41, 5.74) is 4.69. The third-order valence-electron chi connectivity index (χ3n) is 8.05. The van der Waals surface area contributed by atoms with Crippen LogP contribution in [0.15, 0.2) is 48.0 Å². The number of piperazine rings is 1. The minimum Gasteiger partial charge on any atom is -0.367 e. The lowest BCUT2D eigenvalue weighted by molar-refractivity contribution is -0.135. The molecule has 3 aromatic heterocycles. The maximum Gasteiger partial charge on any atom is 0.227 e. The lowest BCUT2D eigenvalue weighted by Gasteiger charge is -2.37. The molecule has 41 heavy (non-hydrogen) atoms. The fourth-order valence-corrected chi connectivity index (χ4v) is 6.44. The first-order chi connectivity index (χ1) is 19.9. The molecule has 0 saturated carbocycles. The molecule has 2 saturated heterocycles. The van der Waals surface area contributed by atoms with Crippen molar-refractivity contribution in [3.63, 3.8) is 0 Å². The highest BCUT2D eigenvalue weighted by Crippen LogP contribution is 2.27. The number of hydrogen-bond acceptors (Lipinski definition) is 7. The molecule has 11 heteroatoms. The number of thiazole rings is 1. The van der Waals surface area contributed by atoms with E-state index in [0.29, 0.717) is 32.7 Å². The Hall–Kier alpha value is -3.99. The molecule has 9 nitrogen and oxygen atoms in total. The Morgan fingerprint density at radius 2 is 1.80 bits per heavy atom. The minimum atomic E-state index is -0.258. The van der Waals surface area contributed by atoms with Crippen molar-refractivity contribution in [1.82, 2.24) is 24.2 Å². The molecule has 6 rings (SSSR count). The number of fused-ring (bicyclic) bond motifs is 1. The average molecular weight is 576 g/mol. The van der Waals surface area contributed by atoms with Gasteiger partial charge in [0.05, 0.1) is 29.5 Å². The van der Waals surface area contributed by atoms with Gasteiger partial charge in [0.15, 0.2) is 0 Å². The second-order valence-corrected chi connectivity index (χ2v) is 11.6. The van der Waals surface area contributed by atoms with Crippen molar-refractivity contribution in [3.05, 3.63) is 64.5 Å². The Morgan fingerprint density at radius 3 is 2.51 bits per heavy atom. The first kappa shape index (κ1) is 27.2. The second kappa shape index (κ2) is 11.5. The summed E-state index contributed by atoms with van der Waals surface area (Å²) in [6.07, 6.45) is 3.66. The molecular formula is C30H34FN7O2S. The number of carbonyl (C=O) groups is 2. The van der Waals surface area contributed by atoms with Gasteiger partial charge in [0.25, 0.3) is 0 Å². The highest BCUT2D eigenvalue weighted by molar-refractivity contribution is 7.10. The van der Waals surface area contributed by atoms with Gasteiger partial charge in [-0.05, 0) is 49.2 Å². The summed E-state index contributed by atoms with van der Waals surface area (Å²) in [5, 5.41) is 6.49. The number of halogens is 1. The number of imidazole rings is 1. The molecule has 1 N–H and O–H groups in total. The maximum absolute atomic E-state index is 13.3. The molecular weight excluding hydrogens is 541 g/mol. The first-order valence-corrected chi connectivity index (χ1v) is 15.0. The highest BCUT2D eigenvalue weighted by atomic mass is 32.1. The number of aromatic nitrogens is 3. The zero-order chi connectivity index (χ0) is 28.5. The number of benzene rings is 1. The molecule has 2 amide bonds. The third-order valence-corrected chi connectivity index (χ3v) is 8.90. The van der Waals surface area contributed by atoms with E-state index in [1.165, 1.54) is 12.1 Å². The predicted octanol–water partition coefficient (Wildman–Crippen LogP) is 4.29.